The first-order chi connectivity index (χ1) is 10.2. The Bertz CT molecular complexity index is 808. The maximum absolute atomic E-state index is 8.86. The van der Waals surface area contributed by atoms with Gasteiger partial charge >= 0.3 is 6.01 Å². The number of aromatic nitrogens is 6. The average molecular weight is 280 g/mol. The Morgan fingerprint density at radius 1 is 1.24 bits per heavy atom. The van der Waals surface area contributed by atoms with Crippen LogP contribution in [0.2, 0.25) is 0 Å². The van der Waals surface area contributed by atoms with E-state index < -0.39 is 0 Å². The van der Waals surface area contributed by atoms with Crippen LogP contribution in [0.25, 0.3) is 5.95 Å². The molecule has 102 valence electrons. The molecule has 0 aliphatic heterocycles. The van der Waals surface area contributed by atoms with Crippen LogP contribution >= 0.6 is 0 Å². The molecule has 0 atom stereocenters. The normalized spacial score (nSPS) is 10.0. The Morgan fingerprint density at radius 3 is 2.90 bits per heavy atom. The summed E-state index contributed by atoms with van der Waals surface area (Å²) in [4.78, 5) is 15.7. The van der Waals surface area contributed by atoms with E-state index in [-0.39, 0.29) is 17.9 Å². The van der Waals surface area contributed by atoms with Crippen molar-refractivity contribution in [2.75, 3.05) is 5.73 Å². The van der Waals surface area contributed by atoms with Gasteiger partial charge in [0.1, 0.15) is 18.4 Å². The van der Waals surface area contributed by atoms with Crippen molar-refractivity contribution in [3.8, 4) is 23.8 Å². The molecule has 3 aromatic rings. The van der Waals surface area contributed by atoms with Gasteiger partial charge < -0.3 is 10.5 Å². The summed E-state index contributed by atoms with van der Waals surface area (Å²) >= 11 is 0. The first kappa shape index (κ1) is 12.5. The molecular weight excluding hydrogens is 272 g/mol. The minimum atomic E-state index is -0.0121. The van der Waals surface area contributed by atoms with Crippen LogP contribution in [0.3, 0.4) is 0 Å². The van der Waals surface area contributed by atoms with Gasteiger partial charge in [0, 0.05) is 0 Å². The molecule has 9 heteroatoms. The number of rotatable bonds is 3. The molecule has 9 nitrogen and oxygen atoms in total. The number of hydrogen-bond donors (Lipinski definition) is 1. The topological polar surface area (TPSA) is 128 Å². The number of benzene rings is 1. The molecule has 0 aliphatic carbocycles. The van der Waals surface area contributed by atoms with Gasteiger partial charge in [-0.25, -0.2) is 4.98 Å². The number of anilines is 1. The number of hydrogen-bond acceptors (Lipinski definition) is 8. The molecule has 0 saturated carbocycles. The Kier molecular flexibility index (Phi) is 3.10. The lowest BCUT2D eigenvalue weighted by Gasteiger charge is -2.06. The fourth-order valence-corrected chi connectivity index (χ4v) is 1.56. The molecule has 0 amide bonds. The quantitative estimate of drug-likeness (QED) is 0.742. The van der Waals surface area contributed by atoms with Crippen LogP contribution in [0.5, 0.6) is 11.8 Å². The summed E-state index contributed by atoms with van der Waals surface area (Å²) < 4.78 is 6.82. The van der Waals surface area contributed by atoms with E-state index in [1.165, 1.54) is 17.3 Å². The van der Waals surface area contributed by atoms with Gasteiger partial charge in [0.15, 0.2) is 0 Å². The van der Waals surface area contributed by atoms with Gasteiger partial charge in [-0.2, -0.15) is 30.0 Å². The molecule has 0 saturated heterocycles. The first-order valence-electron chi connectivity index (χ1n) is 5.79. The first-order valence-corrected chi connectivity index (χ1v) is 5.79. The van der Waals surface area contributed by atoms with Crippen LogP contribution < -0.4 is 10.5 Å². The van der Waals surface area contributed by atoms with E-state index in [2.05, 4.69) is 25.0 Å². The molecule has 2 aromatic heterocycles. The van der Waals surface area contributed by atoms with E-state index in [0.29, 0.717) is 11.3 Å². The van der Waals surface area contributed by atoms with Crippen LogP contribution in [0.1, 0.15) is 5.56 Å². The van der Waals surface area contributed by atoms with Gasteiger partial charge in [-0.3, -0.25) is 0 Å². The highest BCUT2D eigenvalue weighted by molar-refractivity contribution is 5.37. The fraction of sp³-hybridized carbons (Fsp3) is 0. The molecule has 0 bridgehead atoms. The predicted molar refractivity (Wildman–Crippen MR) is 70.4 cm³/mol. The number of nitrogens with two attached hydrogens (primary N) is 1. The van der Waals surface area contributed by atoms with E-state index in [9.17, 15) is 0 Å². The summed E-state index contributed by atoms with van der Waals surface area (Å²) in [5, 5.41) is 12.8. The maximum atomic E-state index is 8.86. The van der Waals surface area contributed by atoms with Gasteiger partial charge in [-0.1, -0.05) is 6.07 Å². The van der Waals surface area contributed by atoms with E-state index in [1.807, 2.05) is 6.07 Å². The molecule has 0 spiro atoms. The van der Waals surface area contributed by atoms with Crippen molar-refractivity contribution in [1.29, 1.82) is 5.26 Å². The van der Waals surface area contributed by atoms with Gasteiger partial charge in [0.25, 0.3) is 5.95 Å². The van der Waals surface area contributed by atoms with Gasteiger partial charge in [0.05, 0.1) is 11.6 Å². The minimum Gasteiger partial charge on any atom is -0.424 e. The summed E-state index contributed by atoms with van der Waals surface area (Å²) in [5.41, 5.74) is 6.08. The van der Waals surface area contributed by atoms with E-state index in [1.54, 1.807) is 24.3 Å². The van der Waals surface area contributed by atoms with Crippen molar-refractivity contribution in [1.82, 2.24) is 29.7 Å². The van der Waals surface area contributed by atoms with E-state index in [4.69, 9.17) is 15.7 Å². The van der Waals surface area contributed by atoms with Crippen molar-refractivity contribution in [2.45, 2.75) is 0 Å². The fourth-order valence-electron chi connectivity index (χ4n) is 1.56. The third-order valence-electron chi connectivity index (χ3n) is 2.42. The Hall–Kier alpha value is -3.54. The molecule has 2 N–H and O–H groups in total. The largest absolute Gasteiger partial charge is 0.424 e. The van der Waals surface area contributed by atoms with Gasteiger partial charge in [-0.15, -0.1) is 0 Å². The second-order valence-electron chi connectivity index (χ2n) is 3.86. The number of nitrogen functional groups attached to an aromatic ring is 1. The third kappa shape index (κ3) is 2.74. The van der Waals surface area contributed by atoms with Crippen LogP contribution in [0, 0.1) is 11.3 Å². The highest BCUT2D eigenvalue weighted by Gasteiger charge is 2.09. The monoisotopic (exact) mass is 280 g/mol. The van der Waals surface area contributed by atoms with Crippen LogP contribution in [0.15, 0.2) is 36.9 Å². The second-order valence-corrected chi connectivity index (χ2v) is 3.86. The Balaban J connectivity index is 1.94. The van der Waals surface area contributed by atoms with Crippen molar-refractivity contribution in [2.24, 2.45) is 0 Å². The third-order valence-corrected chi connectivity index (χ3v) is 2.42. The lowest BCUT2D eigenvalue weighted by Crippen LogP contribution is -2.08. The summed E-state index contributed by atoms with van der Waals surface area (Å²) in [7, 11) is 0. The van der Waals surface area contributed by atoms with Crippen LogP contribution in [-0.4, -0.2) is 29.7 Å². The highest BCUT2D eigenvalue weighted by atomic mass is 16.5. The molecule has 2 heterocycles. The van der Waals surface area contributed by atoms with Crippen LogP contribution in [-0.2, 0) is 0 Å². The van der Waals surface area contributed by atoms with Crippen LogP contribution in [0.4, 0.5) is 5.95 Å². The number of nitriles is 1. The zero-order chi connectivity index (χ0) is 14.7. The summed E-state index contributed by atoms with van der Waals surface area (Å²) in [6.07, 6.45) is 2.77. The molecule has 0 radical (unpaired) electrons. The minimum absolute atomic E-state index is 0.00286. The zero-order valence-corrected chi connectivity index (χ0v) is 10.6. The lowest BCUT2D eigenvalue weighted by atomic mass is 10.2. The van der Waals surface area contributed by atoms with Crippen molar-refractivity contribution in [3.63, 3.8) is 0 Å². The molecule has 3 rings (SSSR count). The number of nitrogens with zero attached hydrogens (tertiary/aromatic N) is 7. The smallest absolute Gasteiger partial charge is 0.328 e. The van der Waals surface area contributed by atoms with E-state index >= 15 is 0 Å². The number of ether oxygens (including phenoxy) is 1. The Morgan fingerprint density at radius 2 is 2.14 bits per heavy atom. The van der Waals surface area contributed by atoms with Crippen molar-refractivity contribution >= 4 is 5.95 Å². The summed E-state index contributed by atoms with van der Waals surface area (Å²) in [6.45, 7) is 0. The Labute approximate surface area is 118 Å². The molecule has 0 unspecified atom stereocenters. The van der Waals surface area contributed by atoms with Gasteiger partial charge in [-0.05, 0) is 18.2 Å². The molecule has 1 aromatic carbocycles. The lowest BCUT2D eigenvalue weighted by molar-refractivity contribution is 0.438. The van der Waals surface area contributed by atoms with Gasteiger partial charge in [0.2, 0.25) is 5.95 Å². The molecule has 0 fully saturated rings. The zero-order valence-electron chi connectivity index (χ0n) is 10.6. The predicted octanol–water partition coefficient (Wildman–Crippen LogP) is 0.698. The summed E-state index contributed by atoms with van der Waals surface area (Å²) in [6, 6.07) is 8.62. The van der Waals surface area contributed by atoms with Crippen molar-refractivity contribution in [3.05, 3.63) is 42.5 Å². The van der Waals surface area contributed by atoms with Crippen molar-refractivity contribution < 1.29 is 4.74 Å². The average Bonchev–Trinajstić information content (AvgIpc) is 3.01. The standard InChI is InChI=1S/C12H8N8O/c13-5-8-2-1-3-9(4-8)21-12-18-10(14)17-11(19-12)20-7-15-6-16-20/h1-4,6-7H,(H2,14,17,18,19). The second kappa shape index (κ2) is 5.22. The summed E-state index contributed by atoms with van der Waals surface area (Å²) in [5.74, 6) is 0.595. The highest BCUT2D eigenvalue weighted by Crippen LogP contribution is 2.19. The maximum Gasteiger partial charge on any atom is 0.328 e. The molecular formula is C12H8N8O. The molecule has 0 aliphatic rings. The molecule has 21 heavy (non-hydrogen) atoms. The van der Waals surface area contributed by atoms with E-state index in [0.717, 1.165) is 0 Å². The SMILES string of the molecule is N#Cc1cccc(Oc2nc(N)nc(-n3cncn3)n2)c1.